The fourth-order valence-corrected chi connectivity index (χ4v) is 2.51. The highest BCUT2D eigenvalue weighted by atomic mass is 35.5. The van der Waals surface area contributed by atoms with Gasteiger partial charge in [-0.3, -0.25) is 25.0 Å². The summed E-state index contributed by atoms with van der Waals surface area (Å²) in [5.74, 6) is -1.78. The quantitative estimate of drug-likeness (QED) is 0.295. The number of urea groups is 1. The molecular formula is C10H5ClN4O5. The Bertz CT molecular complexity index is 718. The van der Waals surface area contributed by atoms with Crippen molar-refractivity contribution in [2.24, 2.45) is 0 Å². The number of imide groups is 1. The van der Waals surface area contributed by atoms with Crippen LogP contribution in [0, 0.1) is 10.1 Å². The number of nitro groups is 1. The van der Waals surface area contributed by atoms with Crippen LogP contribution >= 0.6 is 11.6 Å². The summed E-state index contributed by atoms with van der Waals surface area (Å²) in [6.07, 6.45) is 0. The lowest BCUT2D eigenvalue weighted by molar-refractivity contribution is -0.383. The van der Waals surface area contributed by atoms with E-state index in [4.69, 9.17) is 11.6 Å². The molecule has 0 aliphatic carbocycles. The van der Waals surface area contributed by atoms with Gasteiger partial charge in [-0.1, -0.05) is 11.6 Å². The molecule has 1 atom stereocenters. The number of amides is 4. The van der Waals surface area contributed by atoms with Gasteiger partial charge in [0.1, 0.15) is 5.69 Å². The highest BCUT2D eigenvalue weighted by Crippen LogP contribution is 2.44. The summed E-state index contributed by atoms with van der Waals surface area (Å²) in [6, 6.07) is 1.42. The fourth-order valence-electron chi connectivity index (χ4n) is 2.30. The predicted molar refractivity (Wildman–Crippen MR) is 65.1 cm³/mol. The smallest absolute Gasteiger partial charge is 0.317 e. The second-order valence-corrected chi connectivity index (χ2v) is 4.65. The first-order chi connectivity index (χ1) is 9.36. The first-order valence-electron chi connectivity index (χ1n) is 5.29. The van der Waals surface area contributed by atoms with Gasteiger partial charge in [0.15, 0.2) is 0 Å². The van der Waals surface area contributed by atoms with E-state index in [1.807, 2.05) is 5.32 Å². The molecule has 3 rings (SSSR count). The van der Waals surface area contributed by atoms with Gasteiger partial charge in [0.25, 0.3) is 17.5 Å². The highest BCUT2D eigenvalue weighted by molar-refractivity contribution is 6.32. The lowest BCUT2D eigenvalue weighted by atomic mass is 9.91. The second kappa shape index (κ2) is 3.67. The van der Waals surface area contributed by atoms with Gasteiger partial charge in [-0.05, 0) is 6.07 Å². The van der Waals surface area contributed by atoms with Gasteiger partial charge in [0.2, 0.25) is 5.54 Å². The number of fused-ring (bicyclic) bond motifs is 2. The number of anilines is 1. The van der Waals surface area contributed by atoms with Crippen molar-refractivity contribution in [2.75, 3.05) is 5.32 Å². The third-order valence-electron chi connectivity index (χ3n) is 3.13. The Kier molecular flexibility index (Phi) is 2.27. The molecule has 10 heteroatoms. The summed E-state index contributed by atoms with van der Waals surface area (Å²) in [6.45, 7) is 0. The standard InChI is InChI=1S/C10H5ClN4O5/c11-3-1-4-6(5(2-3)15(19)20)12-7(16)10(4)8(17)13-9(18)14-10/h1-2H,(H,12,16)(H2,13,14,17,18). The Balaban J connectivity index is 2.31. The Hall–Kier alpha value is -2.68. The zero-order chi connectivity index (χ0) is 14.7. The van der Waals surface area contributed by atoms with Crippen molar-refractivity contribution in [1.82, 2.24) is 10.6 Å². The minimum Gasteiger partial charge on any atom is -0.317 e. The fraction of sp³-hybridized carbons (Fsp3) is 0.100. The van der Waals surface area contributed by atoms with E-state index in [1.165, 1.54) is 6.07 Å². The third kappa shape index (κ3) is 1.35. The van der Waals surface area contributed by atoms with Gasteiger partial charge in [-0.2, -0.15) is 0 Å². The van der Waals surface area contributed by atoms with Crippen LogP contribution in [0.2, 0.25) is 5.02 Å². The second-order valence-electron chi connectivity index (χ2n) is 4.22. The largest absolute Gasteiger partial charge is 0.323 e. The third-order valence-corrected chi connectivity index (χ3v) is 3.35. The normalized spacial score (nSPS) is 23.4. The molecule has 9 nitrogen and oxygen atoms in total. The summed E-state index contributed by atoms with van der Waals surface area (Å²) < 4.78 is 0. The lowest BCUT2D eigenvalue weighted by Crippen LogP contribution is -2.49. The van der Waals surface area contributed by atoms with E-state index in [-0.39, 0.29) is 16.3 Å². The highest BCUT2D eigenvalue weighted by Gasteiger charge is 2.60. The van der Waals surface area contributed by atoms with Crippen molar-refractivity contribution < 1.29 is 19.3 Å². The summed E-state index contributed by atoms with van der Waals surface area (Å²) >= 11 is 5.78. The molecule has 0 bridgehead atoms. The SMILES string of the molecule is O=C1NC(=O)C2(N1)C(=O)Nc1c([N+](=O)[O-])cc(Cl)cc12. The number of nitrogens with zero attached hydrogens (tertiary/aromatic N) is 1. The molecule has 1 fully saturated rings. The number of carbonyl (C=O) groups is 3. The van der Waals surface area contributed by atoms with Crippen molar-refractivity contribution in [3.05, 3.63) is 32.8 Å². The van der Waals surface area contributed by atoms with Crippen LogP contribution in [0.1, 0.15) is 5.56 Å². The van der Waals surface area contributed by atoms with Crippen LogP contribution in [0.3, 0.4) is 0 Å². The van der Waals surface area contributed by atoms with E-state index < -0.39 is 34.0 Å². The van der Waals surface area contributed by atoms with Gasteiger partial charge in [0.05, 0.1) is 4.92 Å². The van der Waals surface area contributed by atoms with Crippen molar-refractivity contribution >= 4 is 40.8 Å². The summed E-state index contributed by atoms with van der Waals surface area (Å²) in [4.78, 5) is 45.5. The molecule has 1 aromatic rings. The maximum atomic E-state index is 12.0. The zero-order valence-corrected chi connectivity index (χ0v) is 10.3. The lowest BCUT2D eigenvalue weighted by Gasteiger charge is -2.17. The molecule has 1 aromatic carbocycles. The van der Waals surface area contributed by atoms with Crippen molar-refractivity contribution in [3.8, 4) is 0 Å². The molecule has 2 aliphatic rings. The molecule has 3 N–H and O–H groups in total. The molecule has 2 heterocycles. The average molecular weight is 297 g/mol. The monoisotopic (exact) mass is 296 g/mol. The minimum absolute atomic E-state index is 0.0275. The number of hydrogen-bond acceptors (Lipinski definition) is 5. The topological polar surface area (TPSA) is 130 Å². The Morgan fingerprint density at radius 3 is 2.35 bits per heavy atom. The van der Waals surface area contributed by atoms with Crippen molar-refractivity contribution in [2.45, 2.75) is 5.54 Å². The van der Waals surface area contributed by atoms with E-state index in [0.717, 1.165) is 6.07 Å². The number of halogens is 1. The van der Waals surface area contributed by atoms with E-state index >= 15 is 0 Å². The van der Waals surface area contributed by atoms with E-state index in [9.17, 15) is 24.5 Å². The molecule has 0 radical (unpaired) electrons. The molecule has 102 valence electrons. The van der Waals surface area contributed by atoms with E-state index in [1.54, 1.807) is 0 Å². The van der Waals surface area contributed by atoms with E-state index in [2.05, 4.69) is 10.6 Å². The molecule has 1 saturated heterocycles. The van der Waals surface area contributed by atoms with Crippen LogP contribution < -0.4 is 16.0 Å². The van der Waals surface area contributed by atoms with E-state index in [0.29, 0.717) is 0 Å². The van der Waals surface area contributed by atoms with Crippen LogP contribution in [0.25, 0.3) is 0 Å². The number of benzene rings is 1. The van der Waals surface area contributed by atoms with Crippen molar-refractivity contribution in [1.29, 1.82) is 0 Å². The first kappa shape index (κ1) is 12.4. The zero-order valence-electron chi connectivity index (χ0n) is 9.52. The van der Waals surface area contributed by atoms with Crippen LogP contribution in [0.15, 0.2) is 12.1 Å². The van der Waals surface area contributed by atoms with Gasteiger partial charge >= 0.3 is 6.03 Å². The number of nitro benzene ring substituents is 1. The van der Waals surface area contributed by atoms with Crippen LogP contribution in [-0.4, -0.2) is 22.8 Å². The van der Waals surface area contributed by atoms with Gasteiger partial charge in [-0.15, -0.1) is 0 Å². The number of rotatable bonds is 1. The summed E-state index contributed by atoms with van der Waals surface area (Å²) in [7, 11) is 0. The maximum Gasteiger partial charge on any atom is 0.323 e. The molecule has 4 amide bonds. The van der Waals surface area contributed by atoms with Crippen LogP contribution in [-0.2, 0) is 15.1 Å². The Labute approximate surface area is 115 Å². The van der Waals surface area contributed by atoms with Crippen molar-refractivity contribution in [3.63, 3.8) is 0 Å². The Morgan fingerprint density at radius 2 is 1.80 bits per heavy atom. The minimum atomic E-state index is -2.01. The van der Waals surface area contributed by atoms with Crippen LogP contribution in [0.5, 0.6) is 0 Å². The Morgan fingerprint density at radius 1 is 1.15 bits per heavy atom. The number of carbonyl (C=O) groups excluding carboxylic acids is 3. The molecule has 1 spiro atoms. The summed E-state index contributed by atoms with van der Waals surface area (Å²) in [5, 5.41) is 17.3. The number of nitrogens with one attached hydrogen (secondary N) is 3. The average Bonchev–Trinajstić information content (AvgIpc) is 2.79. The molecule has 1 unspecified atom stereocenters. The van der Waals surface area contributed by atoms with Gasteiger partial charge in [0, 0.05) is 16.7 Å². The predicted octanol–water partition coefficient (Wildman–Crippen LogP) is 0.235. The summed E-state index contributed by atoms with van der Waals surface area (Å²) in [5.41, 5.74) is -2.67. The first-order valence-corrected chi connectivity index (χ1v) is 5.67. The van der Waals surface area contributed by atoms with Gasteiger partial charge < -0.3 is 10.6 Å². The molecule has 2 aliphatic heterocycles. The van der Waals surface area contributed by atoms with Crippen LogP contribution in [0.4, 0.5) is 16.2 Å². The maximum absolute atomic E-state index is 12.0. The molecule has 0 aromatic heterocycles. The van der Waals surface area contributed by atoms with Gasteiger partial charge in [-0.25, -0.2) is 4.79 Å². The molecular weight excluding hydrogens is 292 g/mol. The number of hydrogen-bond donors (Lipinski definition) is 3. The molecule has 0 saturated carbocycles. The molecule has 20 heavy (non-hydrogen) atoms.